The number of carbonyl (C=O) groups is 1. The summed E-state index contributed by atoms with van der Waals surface area (Å²) in [5, 5.41) is 29.1. The van der Waals surface area contributed by atoms with Crippen molar-refractivity contribution >= 4 is 16.8 Å². The van der Waals surface area contributed by atoms with Gasteiger partial charge in [-0.15, -0.1) is 0 Å². The van der Waals surface area contributed by atoms with E-state index in [1.54, 1.807) is 18.2 Å². The molecule has 0 saturated heterocycles. The van der Waals surface area contributed by atoms with Gasteiger partial charge in [-0.25, -0.2) is 0 Å². The number of aliphatic hydroxyl groups is 3. The van der Waals surface area contributed by atoms with E-state index in [9.17, 15) is 15.0 Å². The lowest BCUT2D eigenvalue weighted by Gasteiger charge is -2.31. The first-order chi connectivity index (χ1) is 15.1. The van der Waals surface area contributed by atoms with E-state index in [4.69, 9.17) is 19.0 Å². The minimum Gasteiger partial charge on any atom is -0.491 e. The second-order valence-corrected chi connectivity index (χ2v) is 8.92. The molecule has 170 valence electrons. The number of fused-ring (bicyclic) bond motifs is 4. The molecule has 7 heteroatoms. The van der Waals surface area contributed by atoms with Crippen molar-refractivity contribution in [3.8, 4) is 11.5 Å². The minimum absolute atomic E-state index is 0.0230. The molecule has 0 radical (unpaired) electrons. The molecule has 3 aromatic rings. The third kappa shape index (κ3) is 3.77. The quantitative estimate of drug-likeness (QED) is 0.518. The van der Waals surface area contributed by atoms with E-state index < -0.39 is 24.2 Å². The highest BCUT2D eigenvalue weighted by Crippen LogP contribution is 2.46. The predicted molar refractivity (Wildman–Crippen MR) is 119 cm³/mol. The van der Waals surface area contributed by atoms with Crippen LogP contribution in [0.25, 0.3) is 11.0 Å². The summed E-state index contributed by atoms with van der Waals surface area (Å²) in [7, 11) is 0. The number of hydrogen-bond acceptors (Lipinski definition) is 7. The summed E-state index contributed by atoms with van der Waals surface area (Å²) in [6.45, 7) is 7.12. The van der Waals surface area contributed by atoms with E-state index >= 15 is 0 Å². The van der Waals surface area contributed by atoms with Gasteiger partial charge in [-0.2, -0.15) is 0 Å². The molecule has 1 aliphatic carbocycles. The molecule has 0 bridgehead atoms. The molecule has 4 rings (SSSR count). The van der Waals surface area contributed by atoms with Crippen LogP contribution in [0.5, 0.6) is 11.5 Å². The Balaban J connectivity index is 1.72. The molecule has 0 spiro atoms. The summed E-state index contributed by atoms with van der Waals surface area (Å²) >= 11 is 0. The summed E-state index contributed by atoms with van der Waals surface area (Å²) in [6.07, 6.45) is -2.49. The fourth-order valence-corrected chi connectivity index (χ4v) is 4.09. The lowest BCUT2D eigenvalue weighted by molar-refractivity contribution is -0.0339. The Kier molecular flexibility index (Phi) is 5.75. The summed E-state index contributed by atoms with van der Waals surface area (Å²) in [5.74, 6) is 1.59. The third-order valence-corrected chi connectivity index (χ3v) is 5.79. The van der Waals surface area contributed by atoms with Crippen LogP contribution >= 0.6 is 0 Å². The molecule has 2 unspecified atom stereocenters. The molecule has 0 amide bonds. The average Bonchev–Trinajstić information content (AvgIpc) is 3.15. The van der Waals surface area contributed by atoms with Crippen molar-refractivity contribution in [3.63, 3.8) is 0 Å². The van der Waals surface area contributed by atoms with Gasteiger partial charge in [0.1, 0.15) is 41.7 Å². The maximum absolute atomic E-state index is 13.4. The topological polar surface area (TPSA) is 109 Å². The number of furan rings is 1. The van der Waals surface area contributed by atoms with Gasteiger partial charge in [0.2, 0.25) is 0 Å². The summed E-state index contributed by atoms with van der Waals surface area (Å²) in [4.78, 5) is 13.4. The van der Waals surface area contributed by atoms with Crippen molar-refractivity contribution < 1.29 is 34.0 Å². The number of rotatable bonds is 7. The first-order valence-corrected chi connectivity index (χ1v) is 10.7. The number of ether oxygens (including phenoxy) is 2. The smallest absolute Gasteiger partial charge is 0.197 e. The molecule has 0 aliphatic heterocycles. The van der Waals surface area contributed by atoms with Crippen LogP contribution in [0, 0.1) is 0 Å². The molecular formula is C25H28O7. The SMILES string of the molecule is CC(C)Oc1ccc2c3c(oc2c1)C(C)(C)c1cc(OCC(O)C(O)CO)ccc1C3=O. The van der Waals surface area contributed by atoms with Gasteiger partial charge < -0.3 is 29.2 Å². The molecule has 1 heterocycles. The summed E-state index contributed by atoms with van der Waals surface area (Å²) < 4.78 is 17.6. The predicted octanol–water partition coefficient (Wildman–Crippen LogP) is 3.18. The van der Waals surface area contributed by atoms with Crippen LogP contribution in [0.3, 0.4) is 0 Å². The number of benzene rings is 2. The van der Waals surface area contributed by atoms with Gasteiger partial charge >= 0.3 is 0 Å². The maximum Gasteiger partial charge on any atom is 0.197 e. The molecule has 2 aromatic carbocycles. The van der Waals surface area contributed by atoms with Crippen molar-refractivity contribution in [1.82, 2.24) is 0 Å². The van der Waals surface area contributed by atoms with E-state index in [1.807, 2.05) is 45.9 Å². The number of aliphatic hydroxyl groups excluding tert-OH is 3. The summed E-state index contributed by atoms with van der Waals surface area (Å²) in [5.41, 5.74) is 1.86. The number of ketones is 1. The first kappa shape index (κ1) is 22.3. The molecule has 3 N–H and O–H groups in total. The van der Waals surface area contributed by atoms with E-state index in [-0.39, 0.29) is 18.5 Å². The van der Waals surface area contributed by atoms with Gasteiger partial charge in [-0.3, -0.25) is 4.79 Å². The van der Waals surface area contributed by atoms with Gasteiger partial charge in [-0.05, 0) is 63.6 Å². The Bertz CT molecular complexity index is 1160. The Labute approximate surface area is 186 Å². The van der Waals surface area contributed by atoms with Crippen LogP contribution in [-0.2, 0) is 5.41 Å². The highest BCUT2D eigenvalue weighted by atomic mass is 16.5. The molecule has 0 saturated carbocycles. The van der Waals surface area contributed by atoms with E-state index in [2.05, 4.69) is 0 Å². The Morgan fingerprint density at radius 1 is 1.03 bits per heavy atom. The Hall–Kier alpha value is -2.87. The van der Waals surface area contributed by atoms with Gasteiger partial charge in [0.05, 0.1) is 18.3 Å². The highest BCUT2D eigenvalue weighted by Gasteiger charge is 2.41. The molecule has 1 aliphatic rings. The lowest BCUT2D eigenvalue weighted by Crippen LogP contribution is -2.34. The molecule has 7 nitrogen and oxygen atoms in total. The van der Waals surface area contributed by atoms with Gasteiger partial charge in [0.25, 0.3) is 0 Å². The van der Waals surface area contributed by atoms with Gasteiger partial charge in [-0.1, -0.05) is 0 Å². The monoisotopic (exact) mass is 440 g/mol. The molecule has 32 heavy (non-hydrogen) atoms. The van der Waals surface area contributed by atoms with Crippen LogP contribution < -0.4 is 9.47 Å². The fraction of sp³-hybridized carbons (Fsp3) is 0.400. The van der Waals surface area contributed by atoms with Gasteiger partial charge in [0, 0.05) is 22.4 Å². The zero-order chi connectivity index (χ0) is 23.2. The summed E-state index contributed by atoms with van der Waals surface area (Å²) in [6, 6.07) is 10.6. The largest absolute Gasteiger partial charge is 0.491 e. The number of hydrogen-bond donors (Lipinski definition) is 3. The zero-order valence-electron chi connectivity index (χ0n) is 18.6. The third-order valence-electron chi connectivity index (χ3n) is 5.79. The first-order valence-electron chi connectivity index (χ1n) is 10.7. The normalized spacial score (nSPS) is 16.6. The van der Waals surface area contributed by atoms with Crippen molar-refractivity contribution in [2.45, 2.75) is 51.4 Å². The highest BCUT2D eigenvalue weighted by molar-refractivity contribution is 6.19. The van der Waals surface area contributed by atoms with Crippen molar-refractivity contribution in [3.05, 3.63) is 58.8 Å². The lowest BCUT2D eigenvalue weighted by atomic mass is 9.71. The van der Waals surface area contributed by atoms with Crippen LogP contribution in [0.15, 0.2) is 40.8 Å². The second-order valence-electron chi connectivity index (χ2n) is 8.92. The Morgan fingerprint density at radius 3 is 2.44 bits per heavy atom. The van der Waals surface area contributed by atoms with E-state index in [1.165, 1.54) is 0 Å². The van der Waals surface area contributed by atoms with Crippen LogP contribution in [0.4, 0.5) is 0 Å². The average molecular weight is 440 g/mol. The zero-order valence-corrected chi connectivity index (χ0v) is 18.6. The second kappa shape index (κ2) is 8.24. The fourth-order valence-electron chi connectivity index (χ4n) is 4.09. The molecular weight excluding hydrogens is 412 g/mol. The number of carbonyl (C=O) groups excluding carboxylic acids is 1. The van der Waals surface area contributed by atoms with Crippen molar-refractivity contribution in [2.24, 2.45) is 0 Å². The molecule has 2 atom stereocenters. The van der Waals surface area contributed by atoms with Crippen LogP contribution in [0.2, 0.25) is 0 Å². The molecule has 0 fully saturated rings. The minimum atomic E-state index is -1.28. The van der Waals surface area contributed by atoms with Crippen molar-refractivity contribution in [2.75, 3.05) is 13.2 Å². The van der Waals surface area contributed by atoms with E-state index in [0.717, 1.165) is 10.9 Å². The standard InChI is InChI=1S/C25H28O7/c1-13(2)31-15-6-8-17-21(10-15)32-24-22(17)23(29)16-7-5-14(9-18(16)25(24,3)4)30-12-20(28)19(27)11-26/h5-10,13,19-20,26-28H,11-12H2,1-4H3. The van der Waals surface area contributed by atoms with Gasteiger partial charge in [0.15, 0.2) is 5.78 Å². The van der Waals surface area contributed by atoms with Crippen LogP contribution in [-0.4, -0.2) is 52.6 Å². The van der Waals surface area contributed by atoms with Crippen molar-refractivity contribution in [1.29, 1.82) is 0 Å². The van der Waals surface area contributed by atoms with E-state index in [0.29, 0.717) is 34.0 Å². The molecule has 1 aromatic heterocycles. The maximum atomic E-state index is 13.4. The van der Waals surface area contributed by atoms with Crippen LogP contribution in [0.1, 0.15) is 54.9 Å². The Morgan fingerprint density at radius 2 is 1.75 bits per heavy atom.